The Kier molecular flexibility index (Phi) is 9.40. The summed E-state index contributed by atoms with van der Waals surface area (Å²) in [6, 6.07) is 13.2. The number of hydrogen-bond donors (Lipinski definition) is 1. The first-order valence-corrected chi connectivity index (χ1v) is 15.0. The number of piperazine rings is 1. The molecule has 2 amide bonds. The fourth-order valence-electron chi connectivity index (χ4n) is 6.54. The number of primary amides is 1. The summed E-state index contributed by atoms with van der Waals surface area (Å²) in [6.45, 7) is 4.78. The van der Waals surface area contributed by atoms with E-state index >= 15 is 0 Å². The maximum absolute atomic E-state index is 14.1. The van der Waals surface area contributed by atoms with Gasteiger partial charge < -0.3 is 25.2 Å². The molecule has 0 radical (unpaired) electrons. The summed E-state index contributed by atoms with van der Waals surface area (Å²) < 4.78 is 33.1. The fraction of sp³-hybridized carbons (Fsp3) is 0.531. The van der Waals surface area contributed by atoms with Crippen molar-refractivity contribution in [1.29, 1.82) is 0 Å². The first kappa shape index (κ1) is 29.9. The molecule has 2 aromatic carbocycles. The highest BCUT2D eigenvalue weighted by atomic mass is 19.1. The molecule has 5 rings (SSSR count). The molecule has 2 N–H and O–H groups in total. The van der Waals surface area contributed by atoms with E-state index in [-0.39, 0.29) is 17.3 Å². The Labute approximate surface area is 245 Å². The van der Waals surface area contributed by atoms with Gasteiger partial charge in [0.25, 0.3) is 5.91 Å². The van der Waals surface area contributed by atoms with E-state index in [4.69, 9.17) is 10.5 Å². The number of hydrogen-bond acceptors (Lipinski definition) is 6. The monoisotopic (exact) mass is 582 g/mol. The topological polar surface area (TPSA) is 96.2 Å². The van der Waals surface area contributed by atoms with E-state index in [0.717, 1.165) is 56.7 Å². The van der Waals surface area contributed by atoms with Gasteiger partial charge in [-0.25, -0.2) is 13.6 Å². The van der Waals surface area contributed by atoms with Crippen molar-refractivity contribution in [1.82, 2.24) is 9.80 Å². The van der Waals surface area contributed by atoms with Crippen LogP contribution in [0.1, 0.15) is 55.3 Å². The highest BCUT2D eigenvalue weighted by molar-refractivity contribution is 5.98. The maximum Gasteiger partial charge on any atom is 0.410 e. The number of Topliss-reactive ketones (excluding diaryl/α,β-unsaturated/α-hetero) is 1. The average molecular weight is 583 g/mol. The van der Waals surface area contributed by atoms with Crippen LogP contribution in [0.5, 0.6) is 0 Å². The number of nitrogens with zero attached hydrogens (tertiary/aromatic N) is 3. The van der Waals surface area contributed by atoms with E-state index in [0.29, 0.717) is 57.8 Å². The second-order valence-electron chi connectivity index (χ2n) is 11.9. The highest BCUT2D eigenvalue weighted by Crippen LogP contribution is 2.37. The minimum Gasteiger partial charge on any atom is -0.433 e. The molecule has 10 heteroatoms. The summed E-state index contributed by atoms with van der Waals surface area (Å²) in [5.41, 5.74) is 5.61. The van der Waals surface area contributed by atoms with Crippen LogP contribution in [-0.2, 0) is 9.53 Å². The predicted molar refractivity (Wildman–Crippen MR) is 155 cm³/mol. The molecule has 0 aromatic heterocycles. The van der Waals surface area contributed by atoms with Crippen molar-refractivity contribution >= 4 is 23.5 Å². The van der Waals surface area contributed by atoms with Crippen LogP contribution in [0.4, 0.5) is 19.3 Å². The summed E-state index contributed by atoms with van der Waals surface area (Å²) in [4.78, 5) is 44.5. The Bertz CT molecular complexity index is 1250. The van der Waals surface area contributed by atoms with Gasteiger partial charge >= 0.3 is 6.09 Å². The molecule has 0 unspecified atom stereocenters. The number of benzene rings is 2. The van der Waals surface area contributed by atoms with Crippen molar-refractivity contribution in [2.24, 2.45) is 17.6 Å². The van der Waals surface area contributed by atoms with Crippen molar-refractivity contribution in [3.63, 3.8) is 0 Å². The Hall–Kier alpha value is -3.53. The number of halogens is 2. The lowest BCUT2D eigenvalue weighted by Crippen LogP contribution is -2.55. The second-order valence-corrected chi connectivity index (χ2v) is 11.9. The second kappa shape index (κ2) is 13.2. The molecule has 1 aliphatic carbocycles. The molecule has 42 heavy (non-hydrogen) atoms. The van der Waals surface area contributed by atoms with Crippen molar-refractivity contribution < 1.29 is 27.9 Å². The summed E-state index contributed by atoms with van der Waals surface area (Å²) in [5.74, 6) is -2.20. The number of piperidine rings is 1. The van der Waals surface area contributed by atoms with Crippen LogP contribution >= 0.6 is 0 Å². The molecule has 2 heterocycles. The zero-order valence-electron chi connectivity index (χ0n) is 24.0. The van der Waals surface area contributed by atoms with E-state index in [1.807, 2.05) is 18.2 Å². The smallest absolute Gasteiger partial charge is 0.410 e. The van der Waals surface area contributed by atoms with Crippen molar-refractivity contribution in [3.8, 4) is 0 Å². The normalized spacial score (nSPS) is 23.9. The number of carbonyl (C=O) groups excluding carboxylic acids is 3. The van der Waals surface area contributed by atoms with Crippen molar-refractivity contribution in [2.75, 3.05) is 50.7 Å². The van der Waals surface area contributed by atoms with E-state index in [1.54, 1.807) is 4.90 Å². The van der Waals surface area contributed by atoms with Gasteiger partial charge in [-0.2, -0.15) is 0 Å². The SMILES string of the molecule is NC(=O)C1(OC(=O)N2CCN(c3ccccc3)CC2)CCC(CCN2CCC(C(=O)c3ccc(F)cc3F)CC2)CC1. The standard InChI is InChI=1S/C32H40F2N4O4/c33-25-6-7-27(28(34)22-25)29(39)24-11-16-36(17-12-24)15-10-23-8-13-32(14-9-23,30(35)40)42-31(41)38-20-18-37(19-21-38)26-4-2-1-3-5-26/h1-7,22-24H,8-21H2,(H2,35,40). The molecule has 0 atom stereocenters. The first-order valence-electron chi connectivity index (χ1n) is 15.0. The van der Waals surface area contributed by atoms with E-state index < -0.39 is 29.2 Å². The van der Waals surface area contributed by atoms with E-state index in [9.17, 15) is 23.2 Å². The molecule has 1 saturated carbocycles. The minimum absolute atomic E-state index is 0.0369. The Morgan fingerprint density at radius 3 is 2.17 bits per heavy atom. The third-order valence-electron chi connectivity index (χ3n) is 9.31. The number of carbonyl (C=O) groups is 3. The lowest BCUT2D eigenvalue weighted by Gasteiger charge is -2.41. The lowest BCUT2D eigenvalue weighted by atomic mass is 9.77. The summed E-state index contributed by atoms with van der Waals surface area (Å²) in [7, 11) is 0. The molecular formula is C32H40F2N4O4. The van der Waals surface area contributed by atoms with Crippen LogP contribution in [0.15, 0.2) is 48.5 Å². The molecular weight excluding hydrogens is 542 g/mol. The molecule has 3 fully saturated rings. The molecule has 2 saturated heterocycles. The molecule has 0 spiro atoms. The van der Waals surface area contributed by atoms with E-state index in [2.05, 4.69) is 21.9 Å². The summed E-state index contributed by atoms with van der Waals surface area (Å²) in [6.07, 6.45) is 4.08. The van der Waals surface area contributed by atoms with Gasteiger partial charge in [-0.3, -0.25) is 9.59 Å². The van der Waals surface area contributed by atoms with Crippen molar-refractivity contribution in [2.45, 2.75) is 50.5 Å². The molecule has 3 aliphatic rings. The zero-order valence-corrected chi connectivity index (χ0v) is 24.0. The minimum atomic E-state index is -1.27. The number of rotatable bonds is 8. The quantitative estimate of drug-likeness (QED) is 0.457. The maximum atomic E-state index is 14.1. The van der Waals surface area contributed by atoms with Crippen LogP contribution in [0.25, 0.3) is 0 Å². The summed E-state index contributed by atoms with van der Waals surface area (Å²) >= 11 is 0. The van der Waals surface area contributed by atoms with Crippen molar-refractivity contribution in [3.05, 3.63) is 65.7 Å². The van der Waals surface area contributed by atoms with Crippen LogP contribution < -0.4 is 10.6 Å². The highest BCUT2D eigenvalue weighted by Gasteiger charge is 2.45. The number of para-hydroxylation sites is 1. The van der Waals surface area contributed by atoms with Crippen LogP contribution in [-0.4, -0.2) is 79.0 Å². The number of nitrogens with two attached hydrogens (primary N) is 1. The molecule has 2 aromatic rings. The Morgan fingerprint density at radius 2 is 1.55 bits per heavy atom. The lowest BCUT2D eigenvalue weighted by molar-refractivity contribution is -0.142. The van der Waals surface area contributed by atoms with Gasteiger partial charge in [-0.05, 0) is 94.8 Å². The summed E-state index contributed by atoms with van der Waals surface area (Å²) in [5, 5.41) is 0. The van der Waals surface area contributed by atoms with E-state index in [1.165, 1.54) is 6.07 Å². The fourth-order valence-corrected chi connectivity index (χ4v) is 6.54. The molecule has 2 aliphatic heterocycles. The van der Waals surface area contributed by atoms with Gasteiger partial charge in [0.15, 0.2) is 11.4 Å². The van der Waals surface area contributed by atoms with Crippen LogP contribution in [0, 0.1) is 23.5 Å². The van der Waals surface area contributed by atoms with Gasteiger partial charge in [0.05, 0.1) is 5.56 Å². The Balaban J connectivity index is 1.04. The van der Waals surface area contributed by atoms with Gasteiger partial charge in [0.2, 0.25) is 0 Å². The van der Waals surface area contributed by atoms with Gasteiger partial charge in [0.1, 0.15) is 11.6 Å². The number of likely N-dealkylation sites (tertiary alicyclic amines) is 1. The van der Waals surface area contributed by atoms with Crippen LogP contribution in [0.3, 0.4) is 0 Å². The third kappa shape index (κ3) is 6.91. The van der Waals surface area contributed by atoms with Gasteiger partial charge in [0, 0.05) is 43.9 Å². The predicted octanol–water partition coefficient (Wildman–Crippen LogP) is 4.62. The molecule has 226 valence electrons. The zero-order chi connectivity index (χ0) is 29.7. The molecule has 0 bridgehead atoms. The largest absolute Gasteiger partial charge is 0.433 e. The number of anilines is 1. The number of amides is 2. The average Bonchev–Trinajstić information content (AvgIpc) is 3.01. The first-order chi connectivity index (χ1) is 20.2. The molecule has 8 nitrogen and oxygen atoms in total. The van der Waals surface area contributed by atoms with Gasteiger partial charge in [-0.15, -0.1) is 0 Å². The number of ketones is 1. The van der Waals surface area contributed by atoms with Crippen LogP contribution in [0.2, 0.25) is 0 Å². The third-order valence-corrected chi connectivity index (χ3v) is 9.31. The number of ether oxygens (including phenoxy) is 1. The van der Waals surface area contributed by atoms with Gasteiger partial charge in [-0.1, -0.05) is 18.2 Å². The Morgan fingerprint density at radius 1 is 0.881 bits per heavy atom.